The van der Waals surface area contributed by atoms with Crippen LogP contribution in [0.15, 0.2) is 104 Å². The number of benzene rings is 3. The molecule has 0 fully saturated rings. The van der Waals surface area contributed by atoms with Gasteiger partial charge in [-0.15, -0.1) is 0 Å². The maximum Gasteiger partial charge on any atom is -0.0106 e. The first-order valence-corrected chi connectivity index (χ1v) is 9.44. The molecule has 0 radical (unpaired) electrons. The topological polar surface area (TPSA) is 31.5 Å². The Balaban J connectivity index is -0.000000107. The molecule has 0 bridgehead atoms. The molecule has 1 nitrogen and oxygen atoms in total. The Bertz CT molecular complexity index is 716. The highest BCUT2D eigenvalue weighted by molar-refractivity contribution is 5.46. The Kier molecular flexibility index (Phi) is 28.2. The Labute approximate surface area is 200 Å². The maximum absolute atomic E-state index is 3.63. The van der Waals surface area contributed by atoms with Gasteiger partial charge in [0.25, 0.3) is 0 Å². The fourth-order valence-corrected chi connectivity index (χ4v) is 2.27. The van der Waals surface area contributed by atoms with Crippen LogP contribution in [0.2, 0.25) is 0 Å². The molecule has 0 saturated heterocycles. The van der Waals surface area contributed by atoms with Crippen molar-refractivity contribution >= 4 is 12.2 Å². The molecular weight excluding hydrogens is 388 g/mol. The first-order chi connectivity index (χ1) is 13.0. The van der Waals surface area contributed by atoms with Gasteiger partial charge < -0.3 is 5.48 Å². The van der Waals surface area contributed by atoms with Crippen molar-refractivity contribution in [3.8, 4) is 0 Å². The Morgan fingerprint density at radius 3 is 1.09 bits per heavy atom. The third-order valence-corrected chi connectivity index (χ3v) is 4.51. The van der Waals surface area contributed by atoms with Gasteiger partial charge in [-0.2, -0.15) is 0 Å². The van der Waals surface area contributed by atoms with Crippen molar-refractivity contribution in [2.75, 3.05) is 0 Å². The van der Waals surface area contributed by atoms with Gasteiger partial charge in [-0.05, 0) is 28.5 Å². The van der Waals surface area contributed by atoms with Crippen molar-refractivity contribution in [3.05, 3.63) is 121 Å². The number of hydrogen-bond acceptors (Lipinski definition) is 0. The molecule has 0 unspecified atom stereocenters. The molecule has 0 saturated carbocycles. The second kappa shape index (κ2) is 22.8. The quantitative estimate of drug-likeness (QED) is 0.388. The van der Waals surface area contributed by atoms with E-state index in [1.165, 1.54) is 23.1 Å². The Hall–Kier alpha value is -2.90. The fraction of sp³-hybridized carbons (Fsp3) is 0.290. The lowest BCUT2D eigenvalue weighted by molar-refractivity contribution is 0.506. The van der Waals surface area contributed by atoms with Crippen molar-refractivity contribution in [2.24, 2.45) is 0 Å². The summed E-state index contributed by atoms with van der Waals surface area (Å²) >= 11 is 0. The van der Waals surface area contributed by atoms with Gasteiger partial charge in [0.1, 0.15) is 0 Å². The van der Waals surface area contributed by atoms with Gasteiger partial charge in [0.05, 0.1) is 0 Å². The van der Waals surface area contributed by atoms with Gasteiger partial charge >= 0.3 is 0 Å². The molecular formula is C31H50O. The van der Waals surface area contributed by atoms with Crippen molar-refractivity contribution < 1.29 is 5.48 Å². The van der Waals surface area contributed by atoms with Crippen LogP contribution >= 0.6 is 0 Å². The van der Waals surface area contributed by atoms with E-state index in [-0.39, 0.29) is 35.2 Å². The molecule has 0 spiro atoms. The Morgan fingerprint density at radius 1 is 0.594 bits per heavy atom. The summed E-state index contributed by atoms with van der Waals surface area (Å²) in [5.74, 6) is 0. The predicted octanol–water partition coefficient (Wildman–Crippen LogP) is 9.75. The largest absolute Gasteiger partial charge is 0.412 e. The van der Waals surface area contributed by atoms with E-state index in [4.69, 9.17) is 0 Å². The van der Waals surface area contributed by atoms with Crippen LogP contribution in [0.5, 0.6) is 0 Å². The number of hydrogen-bond donors (Lipinski definition) is 0. The van der Waals surface area contributed by atoms with Crippen LogP contribution < -0.4 is 0 Å². The van der Waals surface area contributed by atoms with Crippen LogP contribution in [0.1, 0.15) is 73.6 Å². The van der Waals surface area contributed by atoms with Gasteiger partial charge in [-0.1, -0.05) is 167 Å². The van der Waals surface area contributed by atoms with Gasteiger partial charge in [0.2, 0.25) is 0 Å². The van der Waals surface area contributed by atoms with E-state index in [1.54, 1.807) is 0 Å². The minimum Gasteiger partial charge on any atom is -0.412 e. The Morgan fingerprint density at radius 2 is 0.875 bits per heavy atom. The minimum atomic E-state index is 0. The van der Waals surface area contributed by atoms with E-state index in [2.05, 4.69) is 64.3 Å². The lowest BCUT2D eigenvalue weighted by atomic mass is 9.82. The van der Waals surface area contributed by atoms with Crippen molar-refractivity contribution in [1.29, 1.82) is 0 Å². The van der Waals surface area contributed by atoms with Crippen molar-refractivity contribution in [2.45, 2.75) is 62.3 Å². The van der Waals surface area contributed by atoms with Gasteiger partial charge in [0, 0.05) is 0 Å². The van der Waals surface area contributed by atoms with Crippen molar-refractivity contribution in [1.82, 2.24) is 0 Å². The van der Waals surface area contributed by atoms with E-state index in [0.29, 0.717) is 5.41 Å². The highest BCUT2D eigenvalue weighted by Gasteiger charge is 2.16. The lowest BCUT2D eigenvalue weighted by Crippen LogP contribution is -2.14. The van der Waals surface area contributed by atoms with Crippen LogP contribution in [-0.4, -0.2) is 5.48 Å². The van der Waals surface area contributed by atoms with Crippen LogP contribution in [0.25, 0.3) is 12.2 Å². The van der Waals surface area contributed by atoms with E-state index in [9.17, 15) is 0 Å². The summed E-state index contributed by atoms with van der Waals surface area (Å²) in [6.45, 7) is 14.1. The summed E-state index contributed by atoms with van der Waals surface area (Å²) in [7, 11) is 0. The molecule has 3 aromatic rings. The second-order valence-corrected chi connectivity index (χ2v) is 6.83. The molecule has 0 amide bonds. The smallest absolute Gasteiger partial charge is 0.0106 e. The van der Waals surface area contributed by atoms with E-state index >= 15 is 0 Å². The predicted molar refractivity (Wildman–Crippen MR) is 153 cm³/mol. The fourth-order valence-electron chi connectivity index (χ4n) is 2.27. The summed E-state index contributed by atoms with van der Waals surface area (Å²) in [5.41, 5.74) is 4.11. The first-order valence-electron chi connectivity index (χ1n) is 9.44. The molecule has 180 valence electrons. The molecule has 3 rings (SSSR count). The van der Waals surface area contributed by atoms with Crippen LogP contribution in [0.3, 0.4) is 0 Å². The second-order valence-electron chi connectivity index (χ2n) is 6.83. The van der Waals surface area contributed by atoms with Crippen LogP contribution in [-0.2, 0) is 5.41 Å². The third kappa shape index (κ3) is 15.9. The molecule has 0 aliphatic carbocycles. The van der Waals surface area contributed by atoms with Crippen LogP contribution in [0, 0.1) is 0 Å². The zero-order valence-electron chi connectivity index (χ0n) is 17.4. The molecule has 0 atom stereocenters. The molecule has 0 aromatic heterocycles. The average Bonchev–Trinajstić information content (AvgIpc) is 2.76. The van der Waals surface area contributed by atoms with Gasteiger partial charge in [-0.25, -0.2) is 0 Å². The molecule has 1 heteroatoms. The summed E-state index contributed by atoms with van der Waals surface area (Å²) in [5, 5.41) is 0. The monoisotopic (exact) mass is 438 g/mol. The molecule has 0 aliphatic rings. The normalized spacial score (nSPS) is 8.22. The summed E-state index contributed by atoms with van der Waals surface area (Å²) in [6, 6.07) is 30.7. The van der Waals surface area contributed by atoms with E-state index in [0.717, 1.165) is 0 Å². The zero-order chi connectivity index (χ0) is 20.0. The van der Waals surface area contributed by atoms with Gasteiger partial charge in [0.15, 0.2) is 0 Å². The SMILES string of the molecule is C.C.C.C.C=Cc1ccccc1.C=Cc1ccccc1.CCC(C)(C)c1ccccc1.O. The molecule has 3 aromatic carbocycles. The average molecular weight is 439 g/mol. The van der Waals surface area contributed by atoms with Gasteiger partial charge in [-0.3, -0.25) is 0 Å². The van der Waals surface area contributed by atoms with Crippen LogP contribution in [0.4, 0.5) is 0 Å². The van der Waals surface area contributed by atoms with E-state index < -0.39 is 0 Å². The van der Waals surface area contributed by atoms with E-state index in [1.807, 2.05) is 72.8 Å². The zero-order valence-corrected chi connectivity index (χ0v) is 17.4. The highest BCUT2D eigenvalue weighted by Crippen LogP contribution is 2.25. The standard InChI is InChI=1S/C11H16.2C8H8.4CH4.H2O/c1-4-11(2,3)10-8-6-5-7-9-10;2*1-2-8-6-4-3-5-7-8;;;;;/h5-9H,4H2,1-3H3;2*2-7H,1H2;4*1H4;1H2. The minimum absolute atomic E-state index is 0. The summed E-state index contributed by atoms with van der Waals surface area (Å²) in [4.78, 5) is 0. The molecule has 2 N–H and O–H groups in total. The third-order valence-electron chi connectivity index (χ3n) is 4.51. The van der Waals surface area contributed by atoms with Crippen molar-refractivity contribution in [3.63, 3.8) is 0 Å². The first kappa shape index (κ1) is 39.6. The summed E-state index contributed by atoms with van der Waals surface area (Å²) < 4.78 is 0. The molecule has 0 heterocycles. The molecule has 0 aliphatic heterocycles. The highest BCUT2D eigenvalue weighted by atomic mass is 16.0. The molecule has 32 heavy (non-hydrogen) atoms. The number of rotatable bonds is 4. The summed E-state index contributed by atoms with van der Waals surface area (Å²) in [6.07, 6.45) is 4.86. The maximum atomic E-state index is 3.63. The lowest BCUT2D eigenvalue weighted by Gasteiger charge is -2.22.